The summed E-state index contributed by atoms with van der Waals surface area (Å²) < 4.78 is 6.04. The molecule has 0 radical (unpaired) electrons. The number of amides is 2. The van der Waals surface area contributed by atoms with Crippen LogP contribution in [0.2, 0.25) is 0 Å². The number of carbonyl (C=O) groups excluding carboxylic acids is 2. The van der Waals surface area contributed by atoms with E-state index in [2.05, 4.69) is 28.5 Å². The van der Waals surface area contributed by atoms with Crippen LogP contribution in [0, 0.1) is 0 Å². The zero-order valence-corrected chi connectivity index (χ0v) is 16.1. The number of benzene rings is 1. The van der Waals surface area contributed by atoms with Crippen molar-refractivity contribution >= 4 is 22.7 Å². The van der Waals surface area contributed by atoms with Crippen molar-refractivity contribution in [1.82, 2.24) is 15.2 Å². The molecule has 3 heterocycles. The summed E-state index contributed by atoms with van der Waals surface area (Å²) in [4.78, 5) is 30.5. The van der Waals surface area contributed by atoms with Crippen molar-refractivity contribution in [3.8, 4) is 0 Å². The number of ether oxygens (including phenoxy) is 1. The maximum Gasteiger partial charge on any atom is 0.231 e. The molecule has 1 spiro atoms. The summed E-state index contributed by atoms with van der Waals surface area (Å²) >= 11 is 0. The molecule has 2 saturated heterocycles. The van der Waals surface area contributed by atoms with Gasteiger partial charge in [0.1, 0.15) is 0 Å². The van der Waals surface area contributed by atoms with Crippen molar-refractivity contribution in [3.05, 3.63) is 35.5 Å². The average Bonchev–Trinajstić information content (AvgIpc) is 3.02. The average molecular weight is 381 g/mol. The number of para-hydroxylation sites is 1. The van der Waals surface area contributed by atoms with E-state index in [1.54, 1.807) is 0 Å². The van der Waals surface area contributed by atoms with E-state index in [0.29, 0.717) is 32.7 Å². The number of aromatic amines is 1. The number of carbonyl (C=O) groups is 2. The highest BCUT2D eigenvalue weighted by Gasteiger charge is 2.40. The van der Waals surface area contributed by atoms with Gasteiger partial charge in [-0.05, 0) is 43.7 Å². The summed E-state index contributed by atoms with van der Waals surface area (Å²) in [5.74, 6) is 0.226. The van der Waals surface area contributed by atoms with Gasteiger partial charge in [0, 0.05) is 42.7 Å². The van der Waals surface area contributed by atoms with E-state index in [-0.39, 0.29) is 23.3 Å². The fourth-order valence-electron chi connectivity index (χ4n) is 5.10. The van der Waals surface area contributed by atoms with Crippen molar-refractivity contribution in [2.75, 3.05) is 26.2 Å². The quantitative estimate of drug-likeness (QED) is 0.797. The van der Waals surface area contributed by atoms with Gasteiger partial charge in [0.25, 0.3) is 0 Å². The Morgan fingerprint density at radius 3 is 2.86 bits per heavy atom. The van der Waals surface area contributed by atoms with Crippen LogP contribution in [-0.2, 0) is 20.7 Å². The maximum absolute atomic E-state index is 13.4. The lowest BCUT2D eigenvalue weighted by atomic mass is 9.84. The second-order valence-electron chi connectivity index (χ2n) is 8.39. The number of likely N-dealkylation sites (tertiary alicyclic amines) is 1. The van der Waals surface area contributed by atoms with Crippen molar-refractivity contribution in [2.45, 2.75) is 50.0 Å². The molecule has 2 amide bonds. The summed E-state index contributed by atoms with van der Waals surface area (Å²) in [5.41, 5.74) is 3.27. The molecule has 148 valence electrons. The van der Waals surface area contributed by atoms with Crippen LogP contribution in [0.25, 0.3) is 10.9 Å². The lowest BCUT2D eigenvalue weighted by Gasteiger charge is -2.42. The Hall–Kier alpha value is -2.34. The number of aromatic nitrogens is 1. The monoisotopic (exact) mass is 381 g/mol. The van der Waals surface area contributed by atoms with E-state index in [9.17, 15) is 9.59 Å². The molecule has 1 aromatic carbocycles. The summed E-state index contributed by atoms with van der Waals surface area (Å²) in [5, 5.41) is 4.23. The molecule has 3 aliphatic rings. The molecule has 2 aromatic rings. The molecule has 6 heteroatoms. The second kappa shape index (κ2) is 6.92. The fraction of sp³-hybridized carbons (Fsp3) is 0.545. The van der Waals surface area contributed by atoms with Gasteiger partial charge in [0.2, 0.25) is 11.8 Å². The lowest BCUT2D eigenvalue weighted by Crippen LogP contribution is -2.53. The summed E-state index contributed by atoms with van der Waals surface area (Å²) in [6, 6.07) is 8.35. The van der Waals surface area contributed by atoms with Crippen LogP contribution in [0.1, 0.15) is 49.3 Å². The van der Waals surface area contributed by atoms with Crippen molar-refractivity contribution in [2.24, 2.45) is 0 Å². The highest BCUT2D eigenvalue weighted by atomic mass is 16.5. The van der Waals surface area contributed by atoms with Crippen LogP contribution >= 0.6 is 0 Å². The first-order valence-corrected chi connectivity index (χ1v) is 10.4. The summed E-state index contributed by atoms with van der Waals surface area (Å²) in [6.07, 6.45) is 5.00. The predicted octanol–water partition coefficient (Wildman–Crippen LogP) is 2.49. The van der Waals surface area contributed by atoms with Gasteiger partial charge < -0.3 is 19.9 Å². The minimum Gasteiger partial charge on any atom is -0.372 e. The van der Waals surface area contributed by atoms with Gasteiger partial charge in [0.05, 0.1) is 18.1 Å². The summed E-state index contributed by atoms with van der Waals surface area (Å²) in [7, 11) is 0. The van der Waals surface area contributed by atoms with E-state index in [0.717, 1.165) is 43.3 Å². The zero-order valence-electron chi connectivity index (χ0n) is 16.1. The first-order chi connectivity index (χ1) is 13.7. The molecule has 1 aliphatic carbocycles. The standard InChI is InChI=1S/C22H27N3O3/c26-19-8-13-28-22(14-23-19)9-11-25(12-10-22)21(27)17-6-3-5-16-15-4-1-2-7-18(15)24-20(16)17/h1-2,4,7,17,24H,3,5-6,8-14H2,(H,23,26). The third-order valence-corrected chi connectivity index (χ3v) is 6.74. The molecule has 6 nitrogen and oxygen atoms in total. The normalized spacial score (nSPS) is 24.6. The number of nitrogens with zero attached hydrogens (tertiary/aromatic N) is 1. The number of piperidine rings is 1. The minimum absolute atomic E-state index is 0.0592. The first kappa shape index (κ1) is 17.7. The van der Waals surface area contributed by atoms with E-state index >= 15 is 0 Å². The number of hydrogen-bond donors (Lipinski definition) is 2. The molecule has 5 rings (SSSR count). The number of nitrogens with one attached hydrogen (secondary N) is 2. The van der Waals surface area contributed by atoms with Gasteiger partial charge >= 0.3 is 0 Å². The molecular formula is C22H27N3O3. The Morgan fingerprint density at radius 1 is 1.18 bits per heavy atom. The third kappa shape index (κ3) is 3.00. The molecule has 2 aliphatic heterocycles. The lowest BCUT2D eigenvalue weighted by molar-refractivity contribution is -0.139. The van der Waals surface area contributed by atoms with Gasteiger partial charge in [-0.1, -0.05) is 18.2 Å². The summed E-state index contributed by atoms with van der Waals surface area (Å²) in [6.45, 7) is 2.42. The highest BCUT2D eigenvalue weighted by Crippen LogP contribution is 2.38. The van der Waals surface area contributed by atoms with E-state index < -0.39 is 0 Å². The Balaban J connectivity index is 1.33. The van der Waals surface area contributed by atoms with Gasteiger partial charge in [-0.2, -0.15) is 0 Å². The largest absolute Gasteiger partial charge is 0.372 e. The number of rotatable bonds is 1. The number of aryl methyl sites for hydroxylation is 1. The van der Waals surface area contributed by atoms with Crippen LogP contribution in [0.4, 0.5) is 0 Å². The number of fused-ring (bicyclic) bond motifs is 3. The molecule has 1 atom stereocenters. The molecular weight excluding hydrogens is 354 g/mol. The smallest absolute Gasteiger partial charge is 0.231 e. The van der Waals surface area contributed by atoms with Gasteiger partial charge in [-0.3, -0.25) is 9.59 Å². The first-order valence-electron chi connectivity index (χ1n) is 10.4. The number of H-pyrrole nitrogens is 1. The molecule has 0 bridgehead atoms. The van der Waals surface area contributed by atoms with Gasteiger partial charge in [-0.15, -0.1) is 0 Å². The van der Waals surface area contributed by atoms with Crippen molar-refractivity contribution < 1.29 is 14.3 Å². The predicted molar refractivity (Wildman–Crippen MR) is 106 cm³/mol. The van der Waals surface area contributed by atoms with Crippen LogP contribution in [-0.4, -0.2) is 53.5 Å². The minimum atomic E-state index is -0.304. The maximum atomic E-state index is 13.4. The third-order valence-electron chi connectivity index (χ3n) is 6.74. The molecule has 2 fully saturated rings. The molecule has 1 aromatic heterocycles. The van der Waals surface area contributed by atoms with Crippen molar-refractivity contribution in [3.63, 3.8) is 0 Å². The van der Waals surface area contributed by atoms with Crippen LogP contribution in [0.15, 0.2) is 24.3 Å². The van der Waals surface area contributed by atoms with E-state index in [4.69, 9.17) is 4.74 Å². The molecule has 1 unspecified atom stereocenters. The molecule has 0 saturated carbocycles. The highest BCUT2D eigenvalue weighted by molar-refractivity contribution is 5.90. The Kier molecular flexibility index (Phi) is 4.38. The zero-order chi connectivity index (χ0) is 19.1. The SMILES string of the molecule is O=C1CCOC2(CCN(C(=O)C3CCCc4c3[nH]c3ccccc43)CC2)CN1. The Morgan fingerprint density at radius 2 is 2.00 bits per heavy atom. The van der Waals surface area contributed by atoms with Crippen molar-refractivity contribution in [1.29, 1.82) is 0 Å². The molecule has 2 N–H and O–H groups in total. The Bertz CT molecular complexity index is 911. The molecule has 28 heavy (non-hydrogen) atoms. The fourth-order valence-corrected chi connectivity index (χ4v) is 5.10. The second-order valence-corrected chi connectivity index (χ2v) is 8.39. The number of hydrogen-bond acceptors (Lipinski definition) is 3. The van der Waals surface area contributed by atoms with E-state index in [1.165, 1.54) is 10.9 Å². The Labute approximate surface area is 164 Å². The van der Waals surface area contributed by atoms with Gasteiger partial charge in [-0.25, -0.2) is 0 Å². The topological polar surface area (TPSA) is 74.4 Å². The van der Waals surface area contributed by atoms with Gasteiger partial charge in [0.15, 0.2) is 0 Å². The van der Waals surface area contributed by atoms with Crippen LogP contribution in [0.5, 0.6) is 0 Å². The van der Waals surface area contributed by atoms with Crippen LogP contribution in [0.3, 0.4) is 0 Å². The van der Waals surface area contributed by atoms with Crippen LogP contribution < -0.4 is 5.32 Å². The van der Waals surface area contributed by atoms with E-state index in [1.807, 2.05) is 11.0 Å².